The maximum atomic E-state index is 13.8. The number of hydrogen-bond acceptors (Lipinski definition) is 14. The van der Waals surface area contributed by atoms with Crippen LogP contribution in [0.4, 0.5) is 0 Å². The monoisotopic (exact) mass is 1080 g/mol. The quantitative estimate of drug-likeness (QED) is 0.0879. The molecule has 0 aliphatic rings. The van der Waals surface area contributed by atoms with Gasteiger partial charge in [-0.05, 0) is 122 Å². The molecule has 25 heteroatoms. The molecule has 69 heavy (non-hydrogen) atoms. The summed E-state index contributed by atoms with van der Waals surface area (Å²) in [5, 5.41) is 0. The van der Waals surface area contributed by atoms with E-state index in [4.69, 9.17) is 0 Å². The Kier molecular flexibility index (Phi) is 13.6. The van der Waals surface area contributed by atoms with Gasteiger partial charge in [-0.3, -0.25) is 18.2 Å². The molecular formula is C44H42O18S7. The van der Waals surface area contributed by atoms with Crippen LogP contribution in [0.2, 0.25) is 0 Å². The van der Waals surface area contributed by atoms with Crippen LogP contribution < -0.4 is 0 Å². The zero-order valence-corrected chi connectivity index (χ0v) is 42.6. The molecule has 4 N–H and O–H groups in total. The normalized spacial score (nSPS) is 13.6. The molecule has 0 saturated carbocycles. The summed E-state index contributed by atoms with van der Waals surface area (Å²) >= 11 is 0. The second-order valence-corrected chi connectivity index (χ2v) is 29.7. The largest absolute Gasteiger partial charge is 0.295 e. The Labute approximate surface area is 400 Å². The van der Waals surface area contributed by atoms with Crippen LogP contribution in [0, 0.1) is 0 Å². The summed E-state index contributed by atoms with van der Waals surface area (Å²) in [5.74, 6) is 0. The van der Waals surface area contributed by atoms with Gasteiger partial charge < -0.3 is 0 Å². The van der Waals surface area contributed by atoms with E-state index in [-0.39, 0.29) is 26.5 Å². The first kappa shape index (κ1) is 53.2. The van der Waals surface area contributed by atoms with E-state index in [0.717, 1.165) is 97.1 Å². The van der Waals surface area contributed by atoms with Crippen molar-refractivity contribution < 1.29 is 77.1 Å². The maximum absolute atomic E-state index is 13.8. The van der Waals surface area contributed by atoms with Crippen LogP contribution in [0.1, 0.15) is 47.1 Å². The Morgan fingerprint density at radius 2 is 0.594 bits per heavy atom. The van der Waals surface area contributed by atoms with E-state index in [1.54, 1.807) is 20.8 Å². The third-order valence-corrected chi connectivity index (χ3v) is 20.4. The van der Waals surface area contributed by atoms with Gasteiger partial charge in [0, 0.05) is 22.3 Å². The first-order valence-electron chi connectivity index (χ1n) is 19.7. The predicted octanol–water partition coefficient (Wildman–Crippen LogP) is 7.21. The van der Waals surface area contributed by atoms with Crippen LogP contribution in [0.15, 0.2) is 165 Å². The van der Waals surface area contributed by atoms with E-state index in [1.807, 2.05) is 0 Å². The molecule has 0 heterocycles. The Hall–Kier alpha value is -5.19. The highest BCUT2D eigenvalue weighted by atomic mass is 32.2. The van der Waals surface area contributed by atoms with Crippen LogP contribution in [0.3, 0.4) is 0 Å². The molecule has 0 aliphatic carbocycles. The highest BCUT2D eigenvalue weighted by molar-refractivity contribution is 7.93. The second-order valence-electron chi connectivity index (χ2n) is 17.5. The van der Waals surface area contributed by atoms with Crippen molar-refractivity contribution in [3.05, 3.63) is 127 Å². The molecule has 6 aromatic carbocycles. The van der Waals surface area contributed by atoms with Gasteiger partial charge in [-0.25, -0.2) is 25.3 Å². The molecule has 368 valence electrons. The van der Waals surface area contributed by atoms with Crippen molar-refractivity contribution in [1.29, 1.82) is 0 Å². The summed E-state index contributed by atoms with van der Waals surface area (Å²) in [6.07, 6.45) is 0. The molecule has 0 radical (unpaired) electrons. The minimum atomic E-state index is -5.44. The first-order valence-corrected chi connectivity index (χ1v) is 29.9. The number of sulfone groups is 3. The SMILES string of the molecule is CC(C)(C)c1ccc(-c2ccc(-c3ccc(-c4ccc(S(=O)(=O)c5ccc(S(=O)(=O)c6ccc(S(=O)(=O)C(C)(C)C)cc6)cc5)cc4S(=O)(=O)O)c(S(=O)(=O)O)c3)cc2S(=O)(=O)O)c(S(=O)(=O)O)c1. The van der Waals surface area contributed by atoms with Gasteiger partial charge in [-0.2, -0.15) is 33.7 Å². The molecule has 0 bridgehead atoms. The highest BCUT2D eigenvalue weighted by Gasteiger charge is 2.33. The van der Waals surface area contributed by atoms with Gasteiger partial charge in [0.2, 0.25) is 19.7 Å². The lowest BCUT2D eigenvalue weighted by atomic mass is 9.86. The van der Waals surface area contributed by atoms with Gasteiger partial charge >= 0.3 is 0 Å². The van der Waals surface area contributed by atoms with Crippen molar-refractivity contribution in [2.75, 3.05) is 0 Å². The van der Waals surface area contributed by atoms with Crippen molar-refractivity contribution in [2.24, 2.45) is 0 Å². The fourth-order valence-corrected chi connectivity index (χ4v) is 13.8. The standard InChI is InChI=1S/C44H42O18S7/c1-43(2,3)29-9-21-37(41(25-29)68(57,58)59)35-19-7-27(23-39(35)66(51,52)53)28-8-20-36(40(24-28)67(54,55)56)38-22-18-34(26-42(38)69(60,61)62)64(47,48)32-12-10-30(11-13-32)63(45,46)31-14-16-33(17-15-31)65(49,50)44(4,5)6/h7-26H,1-6H3,(H,51,52,53)(H,54,55,56)(H,57,58,59)(H,60,61,62). The molecule has 0 spiro atoms. The van der Waals surface area contributed by atoms with Crippen LogP contribution >= 0.6 is 0 Å². The number of benzene rings is 6. The Morgan fingerprint density at radius 1 is 0.319 bits per heavy atom. The molecule has 0 aliphatic heterocycles. The van der Waals surface area contributed by atoms with E-state index >= 15 is 0 Å². The number of hydrogen-bond donors (Lipinski definition) is 4. The van der Waals surface area contributed by atoms with Crippen molar-refractivity contribution >= 4 is 70.0 Å². The lowest BCUT2D eigenvalue weighted by Crippen LogP contribution is -2.27. The summed E-state index contributed by atoms with van der Waals surface area (Å²) in [6, 6.07) is 20.0. The van der Waals surface area contributed by atoms with E-state index in [0.29, 0.717) is 11.6 Å². The molecule has 6 rings (SSSR count). The average Bonchev–Trinajstić information content (AvgIpc) is 3.23. The zero-order chi connectivity index (χ0) is 51.9. The van der Waals surface area contributed by atoms with E-state index in [2.05, 4.69) is 0 Å². The van der Waals surface area contributed by atoms with Gasteiger partial charge in [0.1, 0.15) is 19.6 Å². The molecule has 6 aromatic rings. The lowest BCUT2D eigenvalue weighted by molar-refractivity contribution is 0.479. The average molecular weight is 1080 g/mol. The van der Waals surface area contributed by atoms with Crippen molar-refractivity contribution in [3.8, 4) is 33.4 Å². The Balaban J connectivity index is 1.41. The van der Waals surface area contributed by atoms with Crippen molar-refractivity contribution in [2.45, 2.75) is 95.8 Å². The van der Waals surface area contributed by atoms with Gasteiger partial charge in [0.15, 0.2) is 9.84 Å². The van der Waals surface area contributed by atoms with Gasteiger partial charge in [0.25, 0.3) is 40.5 Å². The van der Waals surface area contributed by atoms with Gasteiger partial charge in [-0.15, -0.1) is 0 Å². The minimum absolute atomic E-state index is 0.128. The fourth-order valence-electron chi connectivity index (χ4n) is 7.03. The topological polar surface area (TPSA) is 320 Å². The van der Waals surface area contributed by atoms with Crippen molar-refractivity contribution in [3.63, 3.8) is 0 Å². The van der Waals surface area contributed by atoms with Crippen LogP contribution in [0.25, 0.3) is 33.4 Å². The molecule has 0 aromatic heterocycles. The molecule has 18 nitrogen and oxygen atoms in total. The maximum Gasteiger partial charge on any atom is 0.295 e. The summed E-state index contributed by atoms with van der Waals surface area (Å²) in [5.41, 5.74) is -2.53. The molecule has 0 fully saturated rings. The summed E-state index contributed by atoms with van der Waals surface area (Å²) in [6.45, 7) is 9.68. The molecular weight excluding hydrogens is 1040 g/mol. The third-order valence-electron chi connectivity index (χ3n) is 10.8. The van der Waals surface area contributed by atoms with E-state index < -0.39 is 131 Å². The second kappa shape index (κ2) is 17.6. The fraction of sp³-hybridized carbons (Fsp3) is 0.182. The highest BCUT2D eigenvalue weighted by Crippen LogP contribution is 2.41. The van der Waals surface area contributed by atoms with Crippen molar-refractivity contribution in [1.82, 2.24) is 0 Å². The smallest absolute Gasteiger partial charge is 0.282 e. The predicted molar refractivity (Wildman–Crippen MR) is 251 cm³/mol. The summed E-state index contributed by atoms with van der Waals surface area (Å²) in [4.78, 5) is -5.97. The van der Waals surface area contributed by atoms with Crippen LogP contribution in [-0.4, -0.2) is 81.9 Å². The summed E-state index contributed by atoms with van der Waals surface area (Å²) in [7, 11) is -33.9. The van der Waals surface area contributed by atoms with Gasteiger partial charge in [-0.1, -0.05) is 63.2 Å². The lowest BCUT2D eigenvalue weighted by Gasteiger charge is -2.21. The Morgan fingerprint density at radius 3 is 0.928 bits per heavy atom. The van der Waals surface area contributed by atoms with E-state index in [1.165, 1.54) is 39.0 Å². The minimum Gasteiger partial charge on any atom is -0.282 e. The van der Waals surface area contributed by atoms with Crippen LogP contribution in [-0.2, 0) is 75.4 Å². The molecule has 0 saturated heterocycles. The molecule has 0 atom stereocenters. The molecule has 0 amide bonds. The Bertz CT molecular complexity index is 3910. The first-order chi connectivity index (χ1) is 31.3. The number of rotatable bonds is 12. The van der Waals surface area contributed by atoms with E-state index in [9.17, 15) is 77.1 Å². The summed E-state index contributed by atoms with van der Waals surface area (Å²) < 4.78 is 222. The third kappa shape index (κ3) is 10.6. The molecule has 0 unspecified atom stereocenters. The zero-order valence-electron chi connectivity index (χ0n) is 36.9. The van der Waals surface area contributed by atoms with Gasteiger partial charge in [0.05, 0.1) is 29.2 Å². The van der Waals surface area contributed by atoms with Crippen LogP contribution in [0.5, 0.6) is 0 Å².